The van der Waals surface area contributed by atoms with Gasteiger partial charge in [-0.15, -0.1) is 0 Å². The van der Waals surface area contributed by atoms with E-state index < -0.39 is 16.0 Å². The van der Waals surface area contributed by atoms with Crippen molar-refractivity contribution in [3.05, 3.63) is 65.3 Å². The maximum absolute atomic E-state index is 12.2. The molecule has 0 spiro atoms. The number of ether oxygens (including phenoxy) is 2. The molecule has 1 N–H and O–H groups in total. The maximum atomic E-state index is 12.2. The van der Waals surface area contributed by atoms with Gasteiger partial charge in [-0.25, -0.2) is 18.1 Å². The van der Waals surface area contributed by atoms with E-state index in [-0.39, 0.29) is 29.6 Å². The molecule has 0 aliphatic heterocycles. The lowest BCUT2D eigenvalue weighted by molar-refractivity contribution is -0.144. The highest BCUT2D eigenvalue weighted by atomic mass is 35.5. The van der Waals surface area contributed by atoms with Crippen LogP contribution in [0.4, 0.5) is 0 Å². The molecule has 7 nitrogen and oxygen atoms in total. The van der Waals surface area contributed by atoms with Gasteiger partial charge in [-0.3, -0.25) is 4.79 Å². The van der Waals surface area contributed by atoms with Crippen molar-refractivity contribution in [1.82, 2.24) is 9.71 Å². The second kappa shape index (κ2) is 9.21. The lowest BCUT2D eigenvalue weighted by Gasteiger charge is -2.09. The van der Waals surface area contributed by atoms with E-state index in [9.17, 15) is 13.2 Å². The normalized spacial score (nSPS) is 11.4. The quantitative estimate of drug-likeness (QED) is 0.431. The van der Waals surface area contributed by atoms with Crippen molar-refractivity contribution < 1.29 is 22.7 Å². The van der Waals surface area contributed by atoms with Gasteiger partial charge in [0.2, 0.25) is 10.0 Å². The van der Waals surface area contributed by atoms with Gasteiger partial charge in [-0.2, -0.15) is 0 Å². The number of hydrogen-bond acceptors (Lipinski definition) is 6. The number of carbonyl (C=O) groups is 1. The zero-order chi connectivity index (χ0) is 20.9. The molecule has 0 aliphatic carbocycles. The Balaban J connectivity index is 1.51. The number of esters is 1. The first-order valence-electron chi connectivity index (χ1n) is 8.72. The number of para-hydroxylation sites is 1. The van der Waals surface area contributed by atoms with Crippen molar-refractivity contribution in [1.29, 1.82) is 0 Å². The third kappa shape index (κ3) is 5.44. The summed E-state index contributed by atoms with van der Waals surface area (Å²) in [4.78, 5) is 16.3. The molecule has 9 heteroatoms. The molecule has 29 heavy (non-hydrogen) atoms. The molecule has 2 aromatic carbocycles. The van der Waals surface area contributed by atoms with Crippen LogP contribution in [0.3, 0.4) is 0 Å². The first kappa shape index (κ1) is 21.0. The van der Waals surface area contributed by atoms with Crippen LogP contribution in [0.2, 0.25) is 5.15 Å². The maximum Gasteiger partial charge on any atom is 0.307 e. The van der Waals surface area contributed by atoms with Crippen LogP contribution in [0.15, 0.2) is 59.5 Å². The Morgan fingerprint density at radius 3 is 2.59 bits per heavy atom. The minimum Gasteiger partial charge on any atom is -0.497 e. The highest BCUT2D eigenvalue weighted by Crippen LogP contribution is 2.21. The number of benzene rings is 2. The Hall–Kier alpha value is -2.68. The van der Waals surface area contributed by atoms with E-state index in [1.54, 1.807) is 12.1 Å². The highest BCUT2D eigenvalue weighted by Gasteiger charge is 2.15. The van der Waals surface area contributed by atoms with E-state index in [2.05, 4.69) is 9.71 Å². The number of nitrogens with zero attached hydrogens (tertiary/aromatic N) is 1. The zero-order valence-electron chi connectivity index (χ0n) is 15.6. The number of rotatable bonds is 8. The van der Waals surface area contributed by atoms with Crippen LogP contribution in [-0.4, -0.2) is 33.0 Å². The third-order valence-corrected chi connectivity index (χ3v) is 5.93. The van der Waals surface area contributed by atoms with Gasteiger partial charge in [-0.1, -0.05) is 29.8 Å². The fourth-order valence-corrected chi connectivity index (χ4v) is 3.83. The van der Waals surface area contributed by atoms with E-state index in [1.807, 2.05) is 30.3 Å². The Bertz CT molecular complexity index is 1120. The fourth-order valence-electron chi connectivity index (χ4n) is 2.59. The standard InChI is InChI=1S/C20H19ClN2O5S/c1-27-16-6-8-17(9-7-16)29(25,26)22-11-10-19(24)28-13-15-12-14-4-2-3-5-18(14)23-20(15)21/h2-9,12,22H,10-11,13H2,1H3. The van der Waals surface area contributed by atoms with Crippen LogP contribution in [0.25, 0.3) is 10.9 Å². The number of nitrogens with one attached hydrogen (secondary N) is 1. The minimum atomic E-state index is -3.72. The Kier molecular flexibility index (Phi) is 6.68. The lowest BCUT2D eigenvalue weighted by atomic mass is 10.2. The second-order valence-corrected chi connectivity index (χ2v) is 8.24. The van der Waals surface area contributed by atoms with Crippen molar-refractivity contribution in [2.24, 2.45) is 0 Å². The summed E-state index contributed by atoms with van der Waals surface area (Å²) in [7, 11) is -2.23. The molecule has 0 atom stereocenters. The Labute approximate surface area is 173 Å². The average molecular weight is 435 g/mol. The van der Waals surface area contributed by atoms with Crippen LogP contribution >= 0.6 is 11.6 Å². The van der Waals surface area contributed by atoms with Gasteiger partial charge in [0.15, 0.2) is 0 Å². The number of carbonyl (C=O) groups excluding carboxylic acids is 1. The molecule has 0 radical (unpaired) electrons. The van der Waals surface area contributed by atoms with Crippen LogP contribution in [0.1, 0.15) is 12.0 Å². The summed E-state index contributed by atoms with van der Waals surface area (Å²) in [6, 6.07) is 15.2. The molecule has 0 unspecified atom stereocenters. The number of aromatic nitrogens is 1. The monoisotopic (exact) mass is 434 g/mol. The predicted octanol–water partition coefficient (Wildman–Crippen LogP) is 3.31. The minimum absolute atomic E-state index is 0.0409. The van der Waals surface area contributed by atoms with Gasteiger partial charge in [0, 0.05) is 17.5 Å². The molecule has 0 amide bonds. The van der Waals surface area contributed by atoms with Gasteiger partial charge in [-0.05, 0) is 36.4 Å². The van der Waals surface area contributed by atoms with Gasteiger partial charge >= 0.3 is 5.97 Å². The summed E-state index contributed by atoms with van der Waals surface area (Å²) in [5, 5.41) is 1.15. The van der Waals surface area contributed by atoms with E-state index in [4.69, 9.17) is 21.1 Å². The van der Waals surface area contributed by atoms with Crippen molar-refractivity contribution >= 4 is 38.5 Å². The van der Waals surface area contributed by atoms with Gasteiger partial charge in [0.1, 0.15) is 17.5 Å². The molecular formula is C20H19ClN2O5S. The Morgan fingerprint density at radius 2 is 1.86 bits per heavy atom. The Morgan fingerprint density at radius 1 is 1.14 bits per heavy atom. The first-order valence-corrected chi connectivity index (χ1v) is 10.6. The molecule has 0 saturated carbocycles. The van der Waals surface area contributed by atoms with Crippen LogP contribution < -0.4 is 9.46 Å². The number of pyridine rings is 1. The molecule has 3 rings (SSSR count). The molecule has 3 aromatic rings. The largest absolute Gasteiger partial charge is 0.497 e. The van der Waals surface area contributed by atoms with Crippen molar-refractivity contribution in [3.63, 3.8) is 0 Å². The molecule has 152 valence electrons. The lowest BCUT2D eigenvalue weighted by Crippen LogP contribution is -2.26. The molecule has 0 bridgehead atoms. The van der Waals surface area contributed by atoms with E-state index in [0.29, 0.717) is 11.3 Å². The van der Waals surface area contributed by atoms with Gasteiger partial charge in [0.05, 0.1) is 23.9 Å². The summed E-state index contributed by atoms with van der Waals surface area (Å²) in [5.74, 6) is 0.000949. The van der Waals surface area contributed by atoms with Crippen molar-refractivity contribution in [3.8, 4) is 5.75 Å². The smallest absolute Gasteiger partial charge is 0.307 e. The summed E-state index contributed by atoms with van der Waals surface area (Å²) in [6.07, 6.45) is -0.117. The number of fused-ring (bicyclic) bond motifs is 1. The summed E-state index contributed by atoms with van der Waals surface area (Å²) in [6.45, 7) is -0.127. The molecule has 0 aliphatic rings. The molecular weight excluding hydrogens is 416 g/mol. The number of methoxy groups -OCH3 is 1. The molecule has 0 fully saturated rings. The molecule has 1 aromatic heterocycles. The van der Waals surface area contributed by atoms with Gasteiger partial charge in [0.25, 0.3) is 0 Å². The van der Waals surface area contributed by atoms with Crippen LogP contribution in [0.5, 0.6) is 5.75 Å². The van der Waals surface area contributed by atoms with E-state index >= 15 is 0 Å². The first-order chi connectivity index (χ1) is 13.9. The van der Waals surface area contributed by atoms with E-state index in [1.165, 1.54) is 19.2 Å². The van der Waals surface area contributed by atoms with Crippen LogP contribution in [0, 0.1) is 0 Å². The topological polar surface area (TPSA) is 94.6 Å². The van der Waals surface area contributed by atoms with Crippen molar-refractivity contribution in [2.75, 3.05) is 13.7 Å². The van der Waals surface area contributed by atoms with E-state index in [0.717, 1.165) is 10.9 Å². The highest BCUT2D eigenvalue weighted by molar-refractivity contribution is 7.89. The molecule has 1 heterocycles. The third-order valence-electron chi connectivity index (χ3n) is 4.13. The SMILES string of the molecule is COc1ccc(S(=O)(=O)NCCC(=O)OCc2cc3ccccc3nc2Cl)cc1. The van der Waals surface area contributed by atoms with Gasteiger partial charge < -0.3 is 9.47 Å². The number of sulfonamides is 1. The average Bonchev–Trinajstić information content (AvgIpc) is 2.72. The summed E-state index contributed by atoms with van der Waals surface area (Å²) < 4.78 is 37.0. The predicted molar refractivity (Wildman–Crippen MR) is 109 cm³/mol. The fraction of sp³-hybridized carbons (Fsp3) is 0.200. The second-order valence-electron chi connectivity index (χ2n) is 6.11. The number of hydrogen-bond donors (Lipinski definition) is 1. The zero-order valence-corrected chi connectivity index (χ0v) is 17.2. The molecule has 0 saturated heterocycles. The summed E-state index contributed by atoms with van der Waals surface area (Å²) >= 11 is 6.14. The van der Waals surface area contributed by atoms with Crippen molar-refractivity contribution in [2.45, 2.75) is 17.9 Å². The van der Waals surface area contributed by atoms with Crippen LogP contribution in [-0.2, 0) is 26.2 Å². The summed E-state index contributed by atoms with van der Waals surface area (Å²) in [5.41, 5.74) is 1.33. The number of halogens is 1.